The van der Waals surface area contributed by atoms with Crippen molar-refractivity contribution in [3.8, 4) is 0 Å². The topological polar surface area (TPSA) is 53.4 Å². The Bertz CT molecular complexity index is 426. The predicted octanol–water partition coefficient (Wildman–Crippen LogP) is 2.03. The summed E-state index contributed by atoms with van der Waals surface area (Å²) in [7, 11) is 0. The number of nitrogens with zero attached hydrogens (tertiary/aromatic N) is 2. The molecule has 4 nitrogen and oxygen atoms in total. The second-order valence-corrected chi connectivity index (χ2v) is 4.46. The Balaban J connectivity index is 2.05. The molecule has 90 valence electrons. The first-order chi connectivity index (χ1) is 8.15. The van der Waals surface area contributed by atoms with E-state index < -0.39 is 5.97 Å². The van der Waals surface area contributed by atoms with Crippen molar-refractivity contribution in [2.45, 2.75) is 13.3 Å². The van der Waals surface area contributed by atoms with E-state index in [9.17, 15) is 4.79 Å². The van der Waals surface area contributed by atoms with Crippen molar-refractivity contribution < 1.29 is 9.90 Å². The van der Waals surface area contributed by atoms with Gasteiger partial charge in [-0.05, 0) is 36.1 Å². The van der Waals surface area contributed by atoms with Crippen molar-refractivity contribution in [3.05, 3.63) is 30.0 Å². The third-order valence-electron chi connectivity index (χ3n) is 2.94. The van der Waals surface area contributed by atoms with Gasteiger partial charge in [0.05, 0.1) is 0 Å². The zero-order valence-electron chi connectivity index (χ0n) is 9.84. The van der Waals surface area contributed by atoms with E-state index in [1.165, 1.54) is 6.42 Å². The number of anilines is 1. The summed E-state index contributed by atoms with van der Waals surface area (Å²) in [6, 6.07) is 3.84. The maximum Gasteiger partial charge on any atom is 0.328 e. The fraction of sp³-hybridized carbons (Fsp3) is 0.385. The highest BCUT2D eigenvalue weighted by Crippen LogP contribution is 2.21. The Morgan fingerprint density at radius 1 is 1.59 bits per heavy atom. The van der Waals surface area contributed by atoms with Crippen LogP contribution in [0.15, 0.2) is 24.4 Å². The Kier molecular flexibility index (Phi) is 3.42. The van der Waals surface area contributed by atoms with Gasteiger partial charge < -0.3 is 10.0 Å². The van der Waals surface area contributed by atoms with E-state index in [2.05, 4.69) is 16.8 Å². The van der Waals surface area contributed by atoms with Crippen LogP contribution in [0.3, 0.4) is 0 Å². The van der Waals surface area contributed by atoms with Gasteiger partial charge in [-0.15, -0.1) is 0 Å². The minimum atomic E-state index is -0.942. The first kappa shape index (κ1) is 11.6. The Hall–Kier alpha value is -1.84. The van der Waals surface area contributed by atoms with E-state index in [1.54, 1.807) is 12.3 Å². The van der Waals surface area contributed by atoms with Gasteiger partial charge in [0.2, 0.25) is 0 Å². The van der Waals surface area contributed by atoms with Gasteiger partial charge in [-0.1, -0.05) is 6.92 Å². The van der Waals surface area contributed by atoms with Gasteiger partial charge in [0.25, 0.3) is 0 Å². The molecule has 1 atom stereocenters. The number of aromatic nitrogens is 1. The zero-order chi connectivity index (χ0) is 12.3. The van der Waals surface area contributed by atoms with Crippen LogP contribution in [0.5, 0.6) is 0 Å². The van der Waals surface area contributed by atoms with Gasteiger partial charge in [0.15, 0.2) is 0 Å². The molecule has 17 heavy (non-hydrogen) atoms. The van der Waals surface area contributed by atoms with Crippen molar-refractivity contribution in [1.82, 2.24) is 4.98 Å². The van der Waals surface area contributed by atoms with Crippen LogP contribution in [0, 0.1) is 5.92 Å². The number of pyridine rings is 1. The fourth-order valence-corrected chi connectivity index (χ4v) is 1.99. The highest BCUT2D eigenvalue weighted by Gasteiger charge is 2.19. The van der Waals surface area contributed by atoms with Gasteiger partial charge in [0, 0.05) is 25.4 Å². The Morgan fingerprint density at radius 3 is 2.94 bits per heavy atom. The maximum atomic E-state index is 10.4. The van der Waals surface area contributed by atoms with Crippen molar-refractivity contribution in [1.29, 1.82) is 0 Å². The molecule has 1 N–H and O–H groups in total. The standard InChI is InChI=1S/C13H16N2O2/c1-10-6-7-15(9-10)12-4-2-11(8-14-12)3-5-13(16)17/h2-5,8,10H,6-7,9H2,1H3,(H,16,17)/b5-3+. The summed E-state index contributed by atoms with van der Waals surface area (Å²) in [5.41, 5.74) is 0.809. The van der Waals surface area contributed by atoms with Crippen LogP contribution in [0.25, 0.3) is 6.08 Å². The molecule has 2 rings (SSSR count). The molecule has 0 saturated carbocycles. The summed E-state index contributed by atoms with van der Waals surface area (Å²) < 4.78 is 0. The van der Waals surface area contributed by atoms with E-state index in [0.717, 1.165) is 36.5 Å². The van der Waals surface area contributed by atoms with Crippen LogP contribution in [-0.2, 0) is 4.79 Å². The molecule has 0 amide bonds. The van der Waals surface area contributed by atoms with E-state index in [1.807, 2.05) is 12.1 Å². The number of rotatable bonds is 3. The number of hydrogen-bond acceptors (Lipinski definition) is 3. The molecule has 0 bridgehead atoms. The summed E-state index contributed by atoms with van der Waals surface area (Å²) in [6.07, 6.45) is 5.58. The second kappa shape index (κ2) is 4.99. The predicted molar refractivity (Wildman–Crippen MR) is 66.9 cm³/mol. The van der Waals surface area contributed by atoms with Crippen LogP contribution in [0.1, 0.15) is 18.9 Å². The number of hydrogen-bond donors (Lipinski definition) is 1. The van der Waals surface area contributed by atoms with E-state index in [-0.39, 0.29) is 0 Å². The molecular formula is C13H16N2O2. The monoisotopic (exact) mass is 232 g/mol. The average Bonchev–Trinajstić information content (AvgIpc) is 2.74. The third-order valence-corrected chi connectivity index (χ3v) is 2.94. The van der Waals surface area contributed by atoms with Crippen LogP contribution in [-0.4, -0.2) is 29.1 Å². The largest absolute Gasteiger partial charge is 0.478 e. The summed E-state index contributed by atoms with van der Waals surface area (Å²) >= 11 is 0. The lowest BCUT2D eigenvalue weighted by atomic mass is 10.2. The molecule has 1 aromatic rings. The molecule has 1 fully saturated rings. The maximum absolute atomic E-state index is 10.4. The normalized spacial score (nSPS) is 20.1. The minimum absolute atomic E-state index is 0.725. The van der Waals surface area contributed by atoms with Crippen molar-refractivity contribution in [3.63, 3.8) is 0 Å². The van der Waals surface area contributed by atoms with E-state index in [0.29, 0.717) is 0 Å². The molecule has 1 aliphatic rings. The fourth-order valence-electron chi connectivity index (χ4n) is 1.99. The zero-order valence-corrected chi connectivity index (χ0v) is 9.84. The second-order valence-electron chi connectivity index (χ2n) is 4.46. The van der Waals surface area contributed by atoms with Gasteiger partial charge in [-0.3, -0.25) is 0 Å². The van der Waals surface area contributed by atoms with Crippen LogP contribution < -0.4 is 4.90 Å². The third kappa shape index (κ3) is 3.06. The summed E-state index contributed by atoms with van der Waals surface area (Å²) in [6.45, 7) is 4.35. The van der Waals surface area contributed by atoms with Gasteiger partial charge in [0.1, 0.15) is 5.82 Å². The molecule has 4 heteroatoms. The SMILES string of the molecule is CC1CCN(c2ccc(/C=C/C(=O)O)cn2)C1. The van der Waals surface area contributed by atoms with E-state index >= 15 is 0 Å². The lowest BCUT2D eigenvalue weighted by molar-refractivity contribution is -0.131. The molecule has 0 aliphatic carbocycles. The number of carboxylic acid groups (broad SMARTS) is 1. The van der Waals surface area contributed by atoms with Crippen LogP contribution >= 0.6 is 0 Å². The lowest BCUT2D eigenvalue weighted by Gasteiger charge is -2.16. The quantitative estimate of drug-likeness (QED) is 0.810. The summed E-state index contributed by atoms with van der Waals surface area (Å²) in [5, 5.41) is 8.52. The molecule has 1 saturated heterocycles. The molecule has 2 heterocycles. The first-order valence-electron chi connectivity index (χ1n) is 5.77. The summed E-state index contributed by atoms with van der Waals surface area (Å²) in [5.74, 6) is 0.757. The molecule has 0 aromatic carbocycles. The van der Waals surface area contributed by atoms with Gasteiger partial charge in [-0.25, -0.2) is 9.78 Å². The molecule has 1 aliphatic heterocycles. The molecule has 0 spiro atoms. The van der Waals surface area contributed by atoms with Gasteiger partial charge in [-0.2, -0.15) is 0 Å². The highest BCUT2D eigenvalue weighted by molar-refractivity contribution is 5.85. The van der Waals surface area contributed by atoms with Crippen LogP contribution in [0.4, 0.5) is 5.82 Å². The molecular weight excluding hydrogens is 216 g/mol. The van der Waals surface area contributed by atoms with Crippen molar-refractivity contribution >= 4 is 17.9 Å². The average molecular weight is 232 g/mol. The van der Waals surface area contributed by atoms with Crippen LogP contribution in [0.2, 0.25) is 0 Å². The first-order valence-corrected chi connectivity index (χ1v) is 5.77. The smallest absolute Gasteiger partial charge is 0.328 e. The minimum Gasteiger partial charge on any atom is -0.478 e. The number of carboxylic acids is 1. The Morgan fingerprint density at radius 2 is 2.41 bits per heavy atom. The lowest BCUT2D eigenvalue weighted by Crippen LogP contribution is -2.20. The van der Waals surface area contributed by atoms with Crippen molar-refractivity contribution in [2.24, 2.45) is 5.92 Å². The van der Waals surface area contributed by atoms with E-state index in [4.69, 9.17) is 5.11 Å². The number of carbonyl (C=O) groups is 1. The van der Waals surface area contributed by atoms with Crippen molar-refractivity contribution in [2.75, 3.05) is 18.0 Å². The molecule has 1 unspecified atom stereocenters. The Labute approximate surface area is 101 Å². The summed E-state index contributed by atoms with van der Waals surface area (Å²) in [4.78, 5) is 17.0. The molecule has 1 aromatic heterocycles. The highest BCUT2D eigenvalue weighted by atomic mass is 16.4. The van der Waals surface area contributed by atoms with Gasteiger partial charge >= 0.3 is 5.97 Å². The number of aliphatic carboxylic acids is 1. The molecule has 0 radical (unpaired) electrons.